The van der Waals surface area contributed by atoms with E-state index in [4.69, 9.17) is 4.74 Å². The van der Waals surface area contributed by atoms with Crippen molar-refractivity contribution in [2.24, 2.45) is 0 Å². The van der Waals surface area contributed by atoms with Crippen molar-refractivity contribution in [3.8, 4) is 0 Å². The molecule has 0 spiro atoms. The summed E-state index contributed by atoms with van der Waals surface area (Å²) >= 11 is 0. The summed E-state index contributed by atoms with van der Waals surface area (Å²) in [5.41, 5.74) is 1.89. The molecule has 2 amide bonds. The standard InChI is InChI=1S/C26H34N4O5S/c1-28(20-21-7-3-2-4-8-21)36(33,34)22-10-11-24(29-15-17-35-18-16-29)23(19-22)26(32)27-12-6-14-30-13-5-9-25(30)31/h2-4,7-8,10-11,19H,5-6,9,12-18,20H2,1H3,(H,27,32). The molecule has 0 radical (unpaired) electrons. The topological polar surface area (TPSA) is 99.3 Å². The summed E-state index contributed by atoms with van der Waals surface area (Å²) in [6.07, 6.45) is 2.12. The van der Waals surface area contributed by atoms with Gasteiger partial charge >= 0.3 is 0 Å². The molecule has 2 fully saturated rings. The SMILES string of the molecule is CN(Cc1ccccc1)S(=O)(=O)c1ccc(N2CCOCC2)c(C(=O)NCCCN2CCCC2=O)c1. The number of sulfonamides is 1. The predicted octanol–water partition coefficient (Wildman–Crippen LogP) is 2.09. The molecule has 194 valence electrons. The predicted molar refractivity (Wildman–Crippen MR) is 137 cm³/mol. The van der Waals surface area contributed by atoms with Crippen LogP contribution in [0.3, 0.4) is 0 Å². The molecule has 2 aromatic carbocycles. The number of carbonyl (C=O) groups excluding carboxylic acids is 2. The highest BCUT2D eigenvalue weighted by Crippen LogP contribution is 2.27. The largest absolute Gasteiger partial charge is 0.378 e. The normalized spacial score (nSPS) is 16.6. The van der Waals surface area contributed by atoms with E-state index in [1.54, 1.807) is 12.1 Å². The molecule has 0 atom stereocenters. The van der Waals surface area contributed by atoms with E-state index >= 15 is 0 Å². The fourth-order valence-corrected chi connectivity index (χ4v) is 5.74. The van der Waals surface area contributed by atoms with Gasteiger partial charge in [0, 0.05) is 58.4 Å². The van der Waals surface area contributed by atoms with Gasteiger partial charge in [0.25, 0.3) is 5.91 Å². The fourth-order valence-electron chi connectivity index (χ4n) is 4.55. The van der Waals surface area contributed by atoms with Crippen LogP contribution in [0, 0.1) is 0 Å². The van der Waals surface area contributed by atoms with Gasteiger partial charge in [0.15, 0.2) is 0 Å². The van der Waals surface area contributed by atoms with E-state index in [0.717, 1.165) is 18.5 Å². The molecule has 2 aliphatic rings. The van der Waals surface area contributed by atoms with Crippen molar-refractivity contribution in [3.05, 3.63) is 59.7 Å². The van der Waals surface area contributed by atoms with Gasteiger partial charge in [-0.3, -0.25) is 9.59 Å². The molecule has 9 nitrogen and oxygen atoms in total. The second kappa shape index (κ2) is 11.9. The van der Waals surface area contributed by atoms with Crippen LogP contribution in [0.25, 0.3) is 0 Å². The Morgan fingerprint density at radius 1 is 1.08 bits per heavy atom. The number of hydrogen-bond acceptors (Lipinski definition) is 6. The lowest BCUT2D eigenvalue weighted by molar-refractivity contribution is -0.127. The minimum Gasteiger partial charge on any atom is -0.378 e. The molecule has 0 bridgehead atoms. The Labute approximate surface area is 213 Å². The maximum atomic E-state index is 13.4. The quantitative estimate of drug-likeness (QED) is 0.488. The Kier molecular flexibility index (Phi) is 8.60. The Bertz CT molecular complexity index is 1170. The van der Waals surface area contributed by atoms with Gasteiger partial charge in [0.2, 0.25) is 15.9 Å². The minimum absolute atomic E-state index is 0.0748. The number of benzene rings is 2. The Balaban J connectivity index is 1.51. The van der Waals surface area contributed by atoms with E-state index in [0.29, 0.717) is 63.5 Å². The number of ether oxygens (including phenoxy) is 1. The first-order valence-corrected chi connectivity index (χ1v) is 13.8. The molecule has 0 aliphatic carbocycles. The van der Waals surface area contributed by atoms with E-state index in [2.05, 4.69) is 5.32 Å². The lowest BCUT2D eigenvalue weighted by Gasteiger charge is -2.30. The van der Waals surface area contributed by atoms with Crippen LogP contribution in [0.1, 0.15) is 35.2 Å². The first kappa shape index (κ1) is 26.1. The van der Waals surface area contributed by atoms with Crippen molar-refractivity contribution in [2.75, 3.05) is 57.9 Å². The van der Waals surface area contributed by atoms with Crippen molar-refractivity contribution in [2.45, 2.75) is 30.7 Å². The zero-order valence-corrected chi connectivity index (χ0v) is 21.5. The number of anilines is 1. The maximum absolute atomic E-state index is 13.4. The molecule has 0 aromatic heterocycles. The highest BCUT2D eigenvalue weighted by molar-refractivity contribution is 7.89. The van der Waals surface area contributed by atoms with Crippen LogP contribution >= 0.6 is 0 Å². The number of nitrogens with one attached hydrogen (secondary N) is 1. The molecule has 2 aromatic rings. The summed E-state index contributed by atoms with van der Waals surface area (Å²) in [5, 5.41) is 2.92. The van der Waals surface area contributed by atoms with Crippen LogP contribution in [-0.4, -0.2) is 82.4 Å². The molecule has 0 saturated carbocycles. The summed E-state index contributed by atoms with van der Waals surface area (Å²) in [5.74, 6) is -0.166. The summed E-state index contributed by atoms with van der Waals surface area (Å²) in [6.45, 7) is 4.34. The third-order valence-electron chi connectivity index (χ3n) is 6.58. The molecular weight excluding hydrogens is 480 g/mol. The van der Waals surface area contributed by atoms with Gasteiger partial charge in [-0.25, -0.2) is 8.42 Å². The van der Waals surface area contributed by atoms with Crippen molar-refractivity contribution in [1.82, 2.24) is 14.5 Å². The molecule has 2 aliphatic heterocycles. The number of morpholine rings is 1. The third kappa shape index (κ3) is 6.24. The fraction of sp³-hybridized carbons (Fsp3) is 0.462. The number of nitrogens with zero attached hydrogens (tertiary/aromatic N) is 3. The second-order valence-corrected chi connectivity index (χ2v) is 11.2. The van der Waals surface area contributed by atoms with E-state index in [1.807, 2.05) is 40.1 Å². The third-order valence-corrected chi connectivity index (χ3v) is 8.38. The Morgan fingerprint density at radius 2 is 1.83 bits per heavy atom. The van der Waals surface area contributed by atoms with Crippen molar-refractivity contribution < 1.29 is 22.7 Å². The molecule has 4 rings (SSSR count). The summed E-state index contributed by atoms with van der Waals surface area (Å²) in [7, 11) is -2.28. The number of rotatable bonds is 10. The van der Waals surface area contributed by atoms with Crippen molar-refractivity contribution in [1.29, 1.82) is 0 Å². The van der Waals surface area contributed by atoms with Gasteiger partial charge in [-0.15, -0.1) is 0 Å². The summed E-state index contributed by atoms with van der Waals surface area (Å²) < 4.78 is 33.5. The first-order chi connectivity index (χ1) is 17.4. The lowest BCUT2D eigenvalue weighted by Crippen LogP contribution is -2.38. The molecule has 2 heterocycles. The molecule has 2 saturated heterocycles. The Morgan fingerprint density at radius 3 is 2.53 bits per heavy atom. The van der Waals surface area contributed by atoms with Gasteiger partial charge in [0.1, 0.15) is 0 Å². The zero-order chi connectivity index (χ0) is 25.5. The Hall–Kier alpha value is -2.95. The molecule has 0 unspecified atom stereocenters. The van der Waals surface area contributed by atoms with Crippen LogP contribution in [0.4, 0.5) is 5.69 Å². The molecule has 1 N–H and O–H groups in total. The first-order valence-electron chi connectivity index (χ1n) is 12.4. The van der Waals surface area contributed by atoms with E-state index in [1.165, 1.54) is 17.4 Å². The van der Waals surface area contributed by atoms with E-state index in [9.17, 15) is 18.0 Å². The lowest BCUT2D eigenvalue weighted by atomic mass is 10.1. The highest BCUT2D eigenvalue weighted by atomic mass is 32.2. The maximum Gasteiger partial charge on any atom is 0.253 e. The van der Waals surface area contributed by atoms with Crippen molar-refractivity contribution in [3.63, 3.8) is 0 Å². The summed E-state index contributed by atoms with van der Waals surface area (Å²) in [6, 6.07) is 14.1. The van der Waals surface area contributed by atoms with Gasteiger partial charge in [-0.2, -0.15) is 4.31 Å². The average Bonchev–Trinajstić information content (AvgIpc) is 3.31. The van der Waals surface area contributed by atoms with Crippen LogP contribution in [0.15, 0.2) is 53.4 Å². The smallest absolute Gasteiger partial charge is 0.253 e. The number of hydrogen-bond donors (Lipinski definition) is 1. The molecule has 36 heavy (non-hydrogen) atoms. The van der Waals surface area contributed by atoms with Crippen LogP contribution in [0.5, 0.6) is 0 Å². The highest BCUT2D eigenvalue weighted by Gasteiger charge is 2.26. The molecule has 10 heteroatoms. The van der Waals surface area contributed by atoms with Crippen LogP contribution in [-0.2, 0) is 26.1 Å². The van der Waals surface area contributed by atoms with Gasteiger partial charge in [-0.05, 0) is 36.6 Å². The zero-order valence-electron chi connectivity index (χ0n) is 20.7. The number of carbonyl (C=O) groups is 2. The number of amides is 2. The van der Waals surface area contributed by atoms with E-state index < -0.39 is 10.0 Å². The monoisotopic (exact) mass is 514 g/mol. The van der Waals surface area contributed by atoms with Gasteiger partial charge in [-0.1, -0.05) is 30.3 Å². The molecular formula is C26H34N4O5S. The van der Waals surface area contributed by atoms with E-state index in [-0.39, 0.29) is 23.3 Å². The minimum atomic E-state index is -3.82. The van der Waals surface area contributed by atoms with Gasteiger partial charge in [0.05, 0.1) is 23.7 Å². The van der Waals surface area contributed by atoms with Crippen LogP contribution in [0.2, 0.25) is 0 Å². The average molecular weight is 515 g/mol. The van der Waals surface area contributed by atoms with Crippen LogP contribution < -0.4 is 10.2 Å². The van der Waals surface area contributed by atoms with Gasteiger partial charge < -0.3 is 19.9 Å². The summed E-state index contributed by atoms with van der Waals surface area (Å²) in [4.78, 5) is 29.0. The van der Waals surface area contributed by atoms with Crippen molar-refractivity contribution >= 4 is 27.5 Å². The number of likely N-dealkylation sites (tertiary alicyclic amines) is 1. The second-order valence-electron chi connectivity index (χ2n) is 9.12.